The fourth-order valence-electron chi connectivity index (χ4n) is 1.83. The van der Waals surface area contributed by atoms with E-state index in [1.165, 1.54) is 0 Å². The molecule has 2 aromatic heterocycles. The lowest BCUT2D eigenvalue weighted by molar-refractivity contribution is 0.545. The number of rotatable bonds is 3. The summed E-state index contributed by atoms with van der Waals surface area (Å²) in [4.78, 5) is 13.3. The fourth-order valence-corrected chi connectivity index (χ4v) is 2.01. The molecule has 102 valence electrons. The summed E-state index contributed by atoms with van der Waals surface area (Å²) in [5.41, 5.74) is 0.644. The van der Waals surface area contributed by atoms with Gasteiger partial charge in [0.05, 0.1) is 0 Å². The predicted molar refractivity (Wildman–Crippen MR) is 77.3 cm³/mol. The second-order valence-electron chi connectivity index (χ2n) is 5.59. The van der Waals surface area contributed by atoms with Gasteiger partial charge in [0.1, 0.15) is 16.7 Å². The number of halogens is 1. The predicted octanol–water partition coefficient (Wildman–Crippen LogP) is 3.70. The maximum absolute atomic E-state index is 6.11. The third-order valence-electron chi connectivity index (χ3n) is 2.77. The van der Waals surface area contributed by atoms with Crippen LogP contribution in [-0.2, 0) is 12.0 Å². The first kappa shape index (κ1) is 14.0. The van der Waals surface area contributed by atoms with Crippen LogP contribution in [0.15, 0.2) is 18.5 Å². The van der Waals surface area contributed by atoms with Gasteiger partial charge in [-0.1, -0.05) is 39.3 Å². The SMILES string of the molecule is CCCn1ccnc1-c1cc(Cl)nc(C(C)(C)C)n1. The molecular formula is C14H19ClN4. The molecule has 0 saturated heterocycles. The Bertz CT molecular complexity index is 569. The smallest absolute Gasteiger partial charge is 0.158 e. The first-order chi connectivity index (χ1) is 8.91. The molecule has 0 fully saturated rings. The van der Waals surface area contributed by atoms with Crippen LogP contribution in [0.4, 0.5) is 0 Å². The Morgan fingerprint density at radius 3 is 2.63 bits per heavy atom. The Kier molecular flexibility index (Phi) is 3.90. The van der Waals surface area contributed by atoms with Crippen molar-refractivity contribution >= 4 is 11.6 Å². The largest absolute Gasteiger partial charge is 0.330 e. The monoisotopic (exact) mass is 278 g/mol. The van der Waals surface area contributed by atoms with Gasteiger partial charge >= 0.3 is 0 Å². The Balaban J connectivity index is 2.50. The van der Waals surface area contributed by atoms with Crippen LogP contribution in [0, 0.1) is 0 Å². The summed E-state index contributed by atoms with van der Waals surface area (Å²) in [7, 11) is 0. The minimum absolute atomic E-state index is 0.137. The topological polar surface area (TPSA) is 43.6 Å². The molecule has 0 saturated carbocycles. The van der Waals surface area contributed by atoms with Gasteiger partial charge in [0, 0.05) is 30.4 Å². The van der Waals surface area contributed by atoms with Crippen molar-refractivity contribution in [2.45, 2.75) is 46.1 Å². The maximum Gasteiger partial charge on any atom is 0.158 e. The van der Waals surface area contributed by atoms with E-state index in [-0.39, 0.29) is 5.41 Å². The molecule has 0 amide bonds. The molecule has 2 rings (SSSR count). The van der Waals surface area contributed by atoms with Crippen molar-refractivity contribution in [3.63, 3.8) is 0 Å². The second kappa shape index (κ2) is 5.29. The summed E-state index contributed by atoms with van der Waals surface area (Å²) >= 11 is 6.11. The van der Waals surface area contributed by atoms with E-state index < -0.39 is 0 Å². The average molecular weight is 279 g/mol. The van der Waals surface area contributed by atoms with Crippen molar-refractivity contribution in [3.05, 3.63) is 29.4 Å². The van der Waals surface area contributed by atoms with Crippen LogP contribution in [-0.4, -0.2) is 19.5 Å². The third kappa shape index (κ3) is 3.13. The van der Waals surface area contributed by atoms with Gasteiger partial charge in [0.15, 0.2) is 5.82 Å². The van der Waals surface area contributed by atoms with E-state index in [1.54, 1.807) is 12.3 Å². The molecule has 0 spiro atoms. The van der Waals surface area contributed by atoms with Crippen molar-refractivity contribution in [2.24, 2.45) is 0 Å². The molecule has 5 heteroatoms. The number of aromatic nitrogens is 4. The maximum atomic E-state index is 6.11. The van der Waals surface area contributed by atoms with E-state index in [2.05, 4.69) is 47.2 Å². The zero-order valence-corrected chi connectivity index (χ0v) is 12.6. The molecule has 0 aliphatic carbocycles. The normalized spacial score (nSPS) is 11.8. The van der Waals surface area contributed by atoms with E-state index in [0.717, 1.165) is 30.3 Å². The number of hydrogen-bond acceptors (Lipinski definition) is 3. The molecule has 0 atom stereocenters. The second-order valence-corrected chi connectivity index (χ2v) is 5.98. The summed E-state index contributed by atoms with van der Waals surface area (Å²) < 4.78 is 2.09. The van der Waals surface area contributed by atoms with E-state index in [1.807, 2.05) is 6.20 Å². The zero-order chi connectivity index (χ0) is 14.0. The third-order valence-corrected chi connectivity index (χ3v) is 2.97. The van der Waals surface area contributed by atoms with Crippen LogP contribution in [0.2, 0.25) is 5.15 Å². The Morgan fingerprint density at radius 1 is 1.26 bits per heavy atom. The highest BCUT2D eigenvalue weighted by Crippen LogP contribution is 2.24. The van der Waals surface area contributed by atoms with Gasteiger partial charge in [-0.25, -0.2) is 15.0 Å². The summed E-state index contributed by atoms with van der Waals surface area (Å²) in [5.74, 6) is 1.58. The van der Waals surface area contributed by atoms with Crippen LogP contribution in [0.5, 0.6) is 0 Å². The van der Waals surface area contributed by atoms with Crippen LogP contribution in [0.25, 0.3) is 11.5 Å². The molecule has 0 aliphatic heterocycles. The van der Waals surface area contributed by atoms with Gasteiger partial charge in [-0.3, -0.25) is 0 Å². The molecule has 0 N–H and O–H groups in total. The minimum atomic E-state index is -0.137. The van der Waals surface area contributed by atoms with Gasteiger partial charge < -0.3 is 4.57 Å². The van der Waals surface area contributed by atoms with Crippen LogP contribution in [0.3, 0.4) is 0 Å². The lowest BCUT2D eigenvalue weighted by Gasteiger charge is -2.17. The first-order valence-corrected chi connectivity index (χ1v) is 6.86. The Hall–Kier alpha value is -1.42. The van der Waals surface area contributed by atoms with Gasteiger partial charge in [0.25, 0.3) is 0 Å². The van der Waals surface area contributed by atoms with Crippen molar-refractivity contribution in [1.29, 1.82) is 0 Å². The Morgan fingerprint density at radius 2 is 2.00 bits per heavy atom. The quantitative estimate of drug-likeness (QED) is 0.804. The summed E-state index contributed by atoms with van der Waals surface area (Å²) in [6.45, 7) is 9.27. The summed E-state index contributed by atoms with van der Waals surface area (Å²) in [6, 6.07) is 1.77. The fraction of sp³-hybridized carbons (Fsp3) is 0.500. The van der Waals surface area contributed by atoms with Crippen LogP contribution >= 0.6 is 11.6 Å². The molecular weight excluding hydrogens is 260 g/mol. The number of nitrogens with zero attached hydrogens (tertiary/aromatic N) is 4. The molecule has 0 radical (unpaired) electrons. The molecule has 19 heavy (non-hydrogen) atoms. The summed E-state index contributed by atoms with van der Waals surface area (Å²) in [5, 5.41) is 0.459. The van der Waals surface area contributed by atoms with Gasteiger partial charge in [-0.05, 0) is 6.42 Å². The highest BCUT2D eigenvalue weighted by molar-refractivity contribution is 6.29. The van der Waals surface area contributed by atoms with E-state index >= 15 is 0 Å². The first-order valence-electron chi connectivity index (χ1n) is 6.48. The van der Waals surface area contributed by atoms with Crippen molar-refractivity contribution in [1.82, 2.24) is 19.5 Å². The van der Waals surface area contributed by atoms with Gasteiger partial charge in [-0.15, -0.1) is 0 Å². The molecule has 0 unspecified atom stereocenters. The lowest BCUT2D eigenvalue weighted by Crippen LogP contribution is -2.17. The molecule has 4 nitrogen and oxygen atoms in total. The average Bonchev–Trinajstić information content (AvgIpc) is 2.76. The Labute approximate surface area is 118 Å². The standard InChI is InChI=1S/C14H19ClN4/c1-5-7-19-8-6-16-12(19)10-9-11(15)18-13(17-10)14(2,3)4/h6,8-9H,5,7H2,1-4H3. The lowest BCUT2D eigenvalue weighted by atomic mass is 9.95. The van der Waals surface area contributed by atoms with Crippen LogP contribution in [0.1, 0.15) is 39.9 Å². The minimum Gasteiger partial charge on any atom is -0.330 e. The van der Waals surface area contributed by atoms with Gasteiger partial charge in [-0.2, -0.15) is 0 Å². The number of aryl methyl sites for hydroxylation is 1. The molecule has 2 aromatic rings. The molecule has 0 aromatic carbocycles. The van der Waals surface area contributed by atoms with E-state index in [9.17, 15) is 0 Å². The van der Waals surface area contributed by atoms with E-state index in [0.29, 0.717) is 5.15 Å². The van der Waals surface area contributed by atoms with E-state index in [4.69, 9.17) is 11.6 Å². The van der Waals surface area contributed by atoms with Crippen molar-refractivity contribution < 1.29 is 0 Å². The molecule has 0 bridgehead atoms. The van der Waals surface area contributed by atoms with Gasteiger partial charge in [0.2, 0.25) is 0 Å². The van der Waals surface area contributed by atoms with Crippen LogP contribution < -0.4 is 0 Å². The van der Waals surface area contributed by atoms with Crippen molar-refractivity contribution in [3.8, 4) is 11.5 Å². The molecule has 2 heterocycles. The summed E-state index contributed by atoms with van der Waals surface area (Å²) in [6.07, 6.45) is 4.80. The van der Waals surface area contributed by atoms with Crippen molar-refractivity contribution in [2.75, 3.05) is 0 Å². The highest BCUT2D eigenvalue weighted by Gasteiger charge is 2.20. The highest BCUT2D eigenvalue weighted by atomic mass is 35.5. The number of hydrogen-bond donors (Lipinski definition) is 0. The zero-order valence-electron chi connectivity index (χ0n) is 11.8. The molecule has 0 aliphatic rings. The number of imidazole rings is 1.